The number of rotatable bonds is 6. The Kier molecular flexibility index (Phi) is 5.50. The van der Waals surface area contributed by atoms with Gasteiger partial charge in [-0.1, -0.05) is 41.9 Å². The Morgan fingerprint density at radius 3 is 2.88 bits per heavy atom. The van der Waals surface area contributed by atoms with Crippen molar-refractivity contribution in [1.82, 2.24) is 15.6 Å². The number of nitrogens with zero attached hydrogens (tertiary/aromatic N) is 2. The van der Waals surface area contributed by atoms with Crippen molar-refractivity contribution in [3.8, 4) is 22.9 Å². The van der Waals surface area contributed by atoms with Gasteiger partial charge < -0.3 is 9.84 Å². The molecule has 1 heterocycles. The van der Waals surface area contributed by atoms with E-state index < -0.39 is 5.91 Å². The summed E-state index contributed by atoms with van der Waals surface area (Å²) in [6.45, 7) is -0.252. The average Bonchev–Trinajstić information content (AvgIpc) is 3.13. The number of amides is 1. The van der Waals surface area contributed by atoms with Crippen LogP contribution in [0.25, 0.3) is 11.3 Å². The number of phenolic OH excluding ortho intramolecular Hbond substituents is 1. The first-order valence-electron chi connectivity index (χ1n) is 7.66. The number of hydrogen-bond donors (Lipinski definition) is 3. The van der Waals surface area contributed by atoms with Crippen LogP contribution in [0.2, 0.25) is 5.02 Å². The van der Waals surface area contributed by atoms with Crippen LogP contribution < -0.4 is 10.2 Å². The van der Waals surface area contributed by atoms with Gasteiger partial charge in [-0.3, -0.25) is 9.89 Å². The van der Waals surface area contributed by atoms with Crippen molar-refractivity contribution in [2.24, 2.45) is 5.10 Å². The number of benzene rings is 2. The van der Waals surface area contributed by atoms with E-state index in [0.29, 0.717) is 16.5 Å². The molecule has 0 aliphatic heterocycles. The van der Waals surface area contributed by atoms with Gasteiger partial charge in [-0.15, -0.1) is 5.10 Å². The average molecular weight is 371 g/mol. The fraction of sp³-hybridized carbons (Fsp3) is 0.0556. The van der Waals surface area contributed by atoms with Crippen molar-refractivity contribution in [2.75, 3.05) is 6.61 Å². The lowest BCUT2D eigenvalue weighted by Gasteiger charge is -2.02. The van der Waals surface area contributed by atoms with Crippen LogP contribution in [0, 0.1) is 0 Å². The maximum absolute atomic E-state index is 11.8. The Morgan fingerprint density at radius 2 is 2.08 bits per heavy atom. The number of phenols is 1. The van der Waals surface area contributed by atoms with E-state index in [-0.39, 0.29) is 12.4 Å². The lowest BCUT2D eigenvalue weighted by atomic mass is 10.2. The highest BCUT2D eigenvalue weighted by Gasteiger charge is 2.07. The van der Waals surface area contributed by atoms with Gasteiger partial charge in [-0.05, 0) is 23.8 Å². The summed E-state index contributed by atoms with van der Waals surface area (Å²) >= 11 is 5.83. The number of aromatic nitrogens is 2. The van der Waals surface area contributed by atoms with Crippen molar-refractivity contribution in [1.29, 1.82) is 0 Å². The van der Waals surface area contributed by atoms with Gasteiger partial charge >= 0.3 is 0 Å². The molecular formula is C18H15ClN4O3. The van der Waals surface area contributed by atoms with E-state index >= 15 is 0 Å². The molecule has 1 aromatic heterocycles. The predicted molar refractivity (Wildman–Crippen MR) is 98.4 cm³/mol. The second kappa shape index (κ2) is 8.17. The number of hydrogen-bond acceptors (Lipinski definition) is 5. The Morgan fingerprint density at radius 1 is 1.27 bits per heavy atom. The molecule has 3 aromatic rings. The summed E-state index contributed by atoms with van der Waals surface area (Å²) in [6, 6.07) is 15.8. The van der Waals surface area contributed by atoms with Crippen molar-refractivity contribution >= 4 is 23.7 Å². The molecule has 0 radical (unpaired) electrons. The lowest BCUT2D eigenvalue weighted by Crippen LogP contribution is -2.24. The molecule has 0 unspecified atom stereocenters. The fourth-order valence-electron chi connectivity index (χ4n) is 2.12. The maximum atomic E-state index is 11.8. The Bertz CT molecular complexity index is 925. The van der Waals surface area contributed by atoms with Crippen molar-refractivity contribution < 1.29 is 14.6 Å². The number of nitrogens with one attached hydrogen (secondary N) is 2. The third kappa shape index (κ3) is 4.61. The van der Waals surface area contributed by atoms with Crippen molar-refractivity contribution in [3.05, 3.63) is 65.2 Å². The third-order valence-electron chi connectivity index (χ3n) is 3.37. The van der Waals surface area contributed by atoms with Crippen LogP contribution in [-0.2, 0) is 4.79 Å². The molecule has 3 N–H and O–H groups in total. The zero-order valence-corrected chi connectivity index (χ0v) is 14.3. The molecular weight excluding hydrogens is 356 g/mol. The highest BCUT2D eigenvalue weighted by atomic mass is 35.5. The van der Waals surface area contributed by atoms with Crippen molar-refractivity contribution in [3.63, 3.8) is 0 Å². The molecule has 8 heteroatoms. The molecule has 0 bridgehead atoms. The number of aromatic hydroxyl groups is 1. The number of halogens is 1. The van der Waals surface area contributed by atoms with E-state index in [9.17, 15) is 9.90 Å². The van der Waals surface area contributed by atoms with E-state index in [2.05, 4.69) is 20.7 Å². The minimum atomic E-state index is -0.466. The monoisotopic (exact) mass is 370 g/mol. The van der Waals surface area contributed by atoms with E-state index in [1.165, 1.54) is 18.3 Å². The van der Waals surface area contributed by atoms with Crippen LogP contribution in [-0.4, -0.2) is 34.0 Å². The van der Waals surface area contributed by atoms with Crippen LogP contribution in [0.1, 0.15) is 5.56 Å². The molecule has 0 aliphatic rings. The minimum absolute atomic E-state index is 0.00798. The van der Waals surface area contributed by atoms with Gasteiger partial charge in [-0.2, -0.15) is 5.10 Å². The molecule has 132 valence electrons. The first-order valence-corrected chi connectivity index (χ1v) is 8.03. The van der Waals surface area contributed by atoms with Crippen LogP contribution in [0.3, 0.4) is 0 Å². The second-order valence-electron chi connectivity index (χ2n) is 5.27. The number of carbonyl (C=O) groups is 1. The summed E-state index contributed by atoms with van der Waals surface area (Å²) < 4.78 is 5.32. The van der Waals surface area contributed by atoms with Crippen LogP contribution in [0.5, 0.6) is 11.6 Å². The number of carbonyl (C=O) groups excluding carboxylic acids is 1. The van der Waals surface area contributed by atoms with Gasteiger partial charge in [0.05, 0.1) is 11.9 Å². The first kappa shape index (κ1) is 17.5. The van der Waals surface area contributed by atoms with Gasteiger partial charge in [0.1, 0.15) is 5.75 Å². The molecule has 3 rings (SSSR count). The van der Waals surface area contributed by atoms with E-state index in [1.807, 2.05) is 30.3 Å². The maximum Gasteiger partial charge on any atom is 0.278 e. The summed E-state index contributed by atoms with van der Waals surface area (Å²) in [5.41, 5.74) is 4.44. The molecule has 0 fully saturated rings. The number of hydrazone groups is 1. The van der Waals surface area contributed by atoms with E-state index in [0.717, 1.165) is 11.3 Å². The zero-order valence-electron chi connectivity index (χ0n) is 13.5. The summed E-state index contributed by atoms with van der Waals surface area (Å²) in [7, 11) is 0. The minimum Gasteiger partial charge on any atom is -0.507 e. The molecule has 7 nitrogen and oxygen atoms in total. The van der Waals surface area contributed by atoms with Gasteiger partial charge in [0, 0.05) is 16.7 Å². The fourth-order valence-corrected chi connectivity index (χ4v) is 2.30. The van der Waals surface area contributed by atoms with E-state index in [1.54, 1.807) is 12.1 Å². The second-order valence-corrected chi connectivity index (χ2v) is 5.71. The molecule has 0 saturated carbocycles. The molecule has 0 spiro atoms. The molecule has 0 aliphatic carbocycles. The van der Waals surface area contributed by atoms with Crippen LogP contribution >= 0.6 is 11.6 Å². The number of ether oxygens (including phenoxy) is 1. The number of aromatic amines is 1. The summed E-state index contributed by atoms with van der Waals surface area (Å²) in [6.07, 6.45) is 1.29. The third-order valence-corrected chi connectivity index (χ3v) is 3.61. The number of H-pyrrole nitrogens is 1. The zero-order chi connectivity index (χ0) is 18.4. The van der Waals surface area contributed by atoms with Crippen molar-refractivity contribution in [2.45, 2.75) is 0 Å². The van der Waals surface area contributed by atoms with Crippen LogP contribution in [0.4, 0.5) is 0 Å². The Labute approximate surface area is 154 Å². The highest BCUT2D eigenvalue weighted by molar-refractivity contribution is 6.30. The predicted octanol–water partition coefficient (Wildman–Crippen LogP) is 2.96. The summed E-state index contributed by atoms with van der Waals surface area (Å²) in [5.74, 6) is -0.156. The SMILES string of the molecule is O=C(COc1cc(-c2ccccc2)[nH]n1)N/N=C/c1cc(Cl)ccc1O. The largest absolute Gasteiger partial charge is 0.507 e. The molecule has 2 aromatic carbocycles. The van der Waals surface area contributed by atoms with E-state index in [4.69, 9.17) is 16.3 Å². The standard InChI is InChI=1S/C18H15ClN4O3/c19-14-6-7-16(24)13(8-14)10-20-22-17(25)11-26-18-9-15(21-23-18)12-4-2-1-3-5-12/h1-10,24H,11H2,(H,21,23)(H,22,25)/b20-10+. The van der Waals surface area contributed by atoms with Gasteiger partial charge in [0.15, 0.2) is 6.61 Å². The van der Waals surface area contributed by atoms with Gasteiger partial charge in [-0.25, -0.2) is 5.43 Å². The normalized spacial score (nSPS) is 10.8. The lowest BCUT2D eigenvalue weighted by molar-refractivity contribution is -0.123. The summed E-state index contributed by atoms with van der Waals surface area (Å²) in [5, 5.41) is 20.7. The summed E-state index contributed by atoms with van der Waals surface area (Å²) in [4.78, 5) is 11.8. The molecule has 1 amide bonds. The van der Waals surface area contributed by atoms with Gasteiger partial charge in [0.25, 0.3) is 5.91 Å². The van der Waals surface area contributed by atoms with Gasteiger partial charge in [0.2, 0.25) is 5.88 Å². The topological polar surface area (TPSA) is 99.6 Å². The van der Waals surface area contributed by atoms with Crippen LogP contribution in [0.15, 0.2) is 59.7 Å². The molecule has 0 atom stereocenters. The highest BCUT2D eigenvalue weighted by Crippen LogP contribution is 2.20. The Balaban J connectivity index is 1.51. The first-order chi connectivity index (χ1) is 12.6. The smallest absolute Gasteiger partial charge is 0.278 e. The quantitative estimate of drug-likeness (QED) is 0.458. The molecule has 26 heavy (non-hydrogen) atoms. The Hall–Kier alpha value is -3.32. The molecule has 0 saturated heterocycles.